The summed E-state index contributed by atoms with van der Waals surface area (Å²) in [5.74, 6) is 0.862. The van der Waals surface area contributed by atoms with Crippen LogP contribution in [0, 0.1) is 5.92 Å². The summed E-state index contributed by atoms with van der Waals surface area (Å²) in [7, 11) is 1.64. The molecule has 0 spiro atoms. The maximum atomic E-state index is 12.4. The van der Waals surface area contributed by atoms with Crippen LogP contribution in [0.25, 0.3) is 0 Å². The van der Waals surface area contributed by atoms with Gasteiger partial charge in [0.2, 0.25) is 0 Å². The highest BCUT2D eigenvalue weighted by Crippen LogP contribution is 2.04. The van der Waals surface area contributed by atoms with Gasteiger partial charge in [0.15, 0.2) is 5.82 Å². The minimum atomic E-state index is -0.0687. The molecular weight excluding hydrogens is 244 g/mol. The summed E-state index contributed by atoms with van der Waals surface area (Å²) in [5, 5.41) is 0. The van der Waals surface area contributed by atoms with Gasteiger partial charge in [-0.1, -0.05) is 13.8 Å². The number of ether oxygens (including phenoxy) is 1. The van der Waals surface area contributed by atoms with Crippen molar-refractivity contribution in [2.24, 2.45) is 11.7 Å². The lowest BCUT2D eigenvalue weighted by molar-refractivity contribution is 0.205. The lowest BCUT2D eigenvalue weighted by atomic mass is 10.2. The van der Waals surface area contributed by atoms with Crippen LogP contribution in [0.4, 0.5) is 5.82 Å². The molecule has 1 rings (SSSR count). The molecule has 0 saturated heterocycles. The predicted molar refractivity (Wildman–Crippen MR) is 76.5 cm³/mol. The molecule has 0 saturated carbocycles. The molecule has 0 aromatic carbocycles. The van der Waals surface area contributed by atoms with Crippen LogP contribution in [0.15, 0.2) is 17.2 Å². The summed E-state index contributed by atoms with van der Waals surface area (Å²) in [4.78, 5) is 18.4. The van der Waals surface area contributed by atoms with Crippen molar-refractivity contribution in [1.29, 1.82) is 0 Å². The first-order chi connectivity index (χ1) is 9.10. The van der Waals surface area contributed by atoms with Crippen LogP contribution in [0.5, 0.6) is 0 Å². The van der Waals surface area contributed by atoms with Gasteiger partial charge in [0.25, 0.3) is 5.56 Å². The summed E-state index contributed by atoms with van der Waals surface area (Å²) in [5.41, 5.74) is 5.52. The largest absolute Gasteiger partial charge is 0.383 e. The summed E-state index contributed by atoms with van der Waals surface area (Å²) < 4.78 is 6.75. The highest BCUT2D eigenvalue weighted by molar-refractivity contribution is 5.35. The predicted octanol–water partition coefficient (Wildman–Crippen LogP) is 0.311. The zero-order valence-electron chi connectivity index (χ0n) is 12.0. The van der Waals surface area contributed by atoms with E-state index in [1.54, 1.807) is 24.1 Å². The summed E-state index contributed by atoms with van der Waals surface area (Å²) in [6.07, 6.45) is 3.39. The Hall–Kier alpha value is -1.40. The lowest BCUT2D eigenvalue weighted by Gasteiger charge is -2.22. The fraction of sp³-hybridized carbons (Fsp3) is 0.692. The number of aromatic nitrogens is 2. The van der Waals surface area contributed by atoms with E-state index >= 15 is 0 Å². The topological polar surface area (TPSA) is 73.4 Å². The number of hydrogen-bond acceptors (Lipinski definition) is 5. The van der Waals surface area contributed by atoms with Crippen molar-refractivity contribution in [3.05, 3.63) is 22.7 Å². The van der Waals surface area contributed by atoms with E-state index in [4.69, 9.17) is 10.5 Å². The van der Waals surface area contributed by atoms with Gasteiger partial charge in [-0.05, 0) is 5.92 Å². The number of anilines is 1. The van der Waals surface area contributed by atoms with Crippen LogP contribution in [-0.4, -0.2) is 42.9 Å². The maximum Gasteiger partial charge on any atom is 0.293 e. The lowest BCUT2D eigenvalue weighted by Crippen LogP contribution is -2.38. The Morgan fingerprint density at radius 1 is 1.47 bits per heavy atom. The normalized spacial score (nSPS) is 11.0. The third kappa shape index (κ3) is 4.65. The Morgan fingerprint density at radius 2 is 2.21 bits per heavy atom. The van der Waals surface area contributed by atoms with Crippen molar-refractivity contribution in [3.63, 3.8) is 0 Å². The van der Waals surface area contributed by atoms with E-state index in [2.05, 4.69) is 18.8 Å². The summed E-state index contributed by atoms with van der Waals surface area (Å²) >= 11 is 0. The minimum absolute atomic E-state index is 0.0687. The van der Waals surface area contributed by atoms with Crippen LogP contribution >= 0.6 is 0 Å². The van der Waals surface area contributed by atoms with Crippen molar-refractivity contribution >= 4 is 5.82 Å². The van der Waals surface area contributed by atoms with E-state index in [0.717, 1.165) is 0 Å². The molecule has 108 valence electrons. The van der Waals surface area contributed by atoms with Gasteiger partial charge in [-0.3, -0.25) is 4.79 Å². The Kier molecular flexibility index (Phi) is 6.52. The second-order valence-corrected chi connectivity index (χ2v) is 4.87. The molecule has 0 amide bonds. The molecule has 0 bridgehead atoms. The third-order valence-corrected chi connectivity index (χ3v) is 2.72. The zero-order valence-corrected chi connectivity index (χ0v) is 12.0. The fourth-order valence-electron chi connectivity index (χ4n) is 1.87. The molecule has 6 nitrogen and oxygen atoms in total. The Labute approximate surface area is 114 Å². The van der Waals surface area contributed by atoms with E-state index in [-0.39, 0.29) is 5.56 Å². The molecule has 0 aliphatic heterocycles. The van der Waals surface area contributed by atoms with E-state index < -0.39 is 0 Å². The van der Waals surface area contributed by atoms with Crippen LogP contribution in [-0.2, 0) is 11.3 Å². The first kappa shape index (κ1) is 15.7. The molecule has 0 unspecified atom stereocenters. The first-order valence-corrected chi connectivity index (χ1v) is 6.59. The SMILES string of the molecule is COCCN(CCN)c1nccn(CC(C)C)c1=O. The average Bonchev–Trinajstić information content (AvgIpc) is 2.37. The second-order valence-electron chi connectivity index (χ2n) is 4.87. The van der Waals surface area contributed by atoms with Crippen LogP contribution in [0.2, 0.25) is 0 Å². The van der Waals surface area contributed by atoms with Crippen LogP contribution in [0.1, 0.15) is 13.8 Å². The standard InChI is InChI=1S/C13H24N4O2/c1-11(2)10-17-7-5-15-12(13(17)18)16(6-4-14)8-9-19-3/h5,7,11H,4,6,8-10,14H2,1-3H3. The third-order valence-electron chi connectivity index (χ3n) is 2.72. The quantitative estimate of drug-likeness (QED) is 0.734. The molecule has 2 N–H and O–H groups in total. The van der Waals surface area contributed by atoms with Gasteiger partial charge < -0.3 is 19.9 Å². The van der Waals surface area contributed by atoms with Crippen molar-refractivity contribution < 1.29 is 4.74 Å². The first-order valence-electron chi connectivity index (χ1n) is 6.59. The van der Waals surface area contributed by atoms with Gasteiger partial charge in [0.05, 0.1) is 6.61 Å². The molecule has 1 heterocycles. The monoisotopic (exact) mass is 268 g/mol. The zero-order chi connectivity index (χ0) is 14.3. The fourth-order valence-corrected chi connectivity index (χ4v) is 1.87. The van der Waals surface area contributed by atoms with Gasteiger partial charge in [0.1, 0.15) is 0 Å². The van der Waals surface area contributed by atoms with E-state index in [0.29, 0.717) is 44.5 Å². The van der Waals surface area contributed by atoms with Crippen LogP contribution < -0.4 is 16.2 Å². The van der Waals surface area contributed by atoms with Gasteiger partial charge in [-0.15, -0.1) is 0 Å². The number of rotatable bonds is 8. The number of methoxy groups -OCH3 is 1. The average molecular weight is 268 g/mol. The molecule has 1 aromatic rings. The summed E-state index contributed by atoms with van der Waals surface area (Å²) in [6.45, 7) is 7.07. The van der Waals surface area contributed by atoms with E-state index in [1.165, 1.54) is 0 Å². The summed E-state index contributed by atoms with van der Waals surface area (Å²) in [6, 6.07) is 0. The Morgan fingerprint density at radius 3 is 2.79 bits per heavy atom. The van der Waals surface area contributed by atoms with Crippen molar-refractivity contribution in [3.8, 4) is 0 Å². The van der Waals surface area contributed by atoms with Crippen molar-refractivity contribution in [2.75, 3.05) is 38.3 Å². The second kappa shape index (κ2) is 7.91. The van der Waals surface area contributed by atoms with E-state index in [9.17, 15) is 4.79 Å². The minimum Gasteiger partial charge on any atom is -0.383 e. The molecule has 0 aliphatic carbocycles. The van der Waals surface area contributed by atoms with Gasteiger partial charge in [-0.2, -0.15) is 0 Å². The molecule has 0 radical (unpaired) electrons. The van der Waals surface area contributed by atoms with Crippen LogP contribution in [0.3, 0.4) is 0 Å². The highest BCUT2D eigenvalue weighted by Gasteiger charge is 2.13. The van der Waals surface area contributed by atoms with Crippen molar-refractivity contribution in [1.82, 2.24) is 9.55 Å². The molecule has 0 atom stereocenters. The smallest absolute Gasteiger partial charge is 0.293 e. The van der Waals surface area contributed by atoms with Gasteiger partial charge in [-0.25, -0.2) is 4.98 Å². The number of nitrogens with zero attached hydrogens (tertiary/aromatic N) is 3. The molecule has 0 aliphatic rings. The molecule has 6 heteroatoms. The molecule has 1 aromatic heterocycles. The Balaban J connectivity index is 2.98. The Bertz CT molecular complexity index is 431. The number of hydrogen-bond donors (Lipinski definition) is 1. The molecular formula is C13H24N4O2. The van der Waals surface area contributed by atoms with Gasteiger partial charge >= 0.3 is 0 Å². The molecule has 0 fully saturated rings. The highest BCUT2D eigenvalue weighted by atomic mass is 16.5. The van der Waals surface area contributed by atoms with Gasteiger partial charge in [0, 0.05) is 45.7 Å². The van der Waals surface area contributed by atoms with Crippen molar-refractivity contribution in [2.45, 2.75) is 20.4 Å². The maximum absolute atomic E-state index is 12.4. The molecule has 19 heavy (non-hydrogen) atoms. The van der Waals surface area contributed by atoms with E-state index in [1.807, 2.05) is 4.90 Å². The number of nitrogens with two attached hydrogens (primary N) is 1.